The number of aliphatic hydroxyl groups is 1. The van der Waals surface area contributed by atoms with Crippen LogP contribution in [0.5, 0.6) is 0 Å². The van der Waals surface area contributed by atoms with Crippen molar-refractivity contribution in [2.45, 2.75) is 24.9 Å². The summed E-state index contributed by atoms with van der Waals surface area (Å²) in [7, 11) is -4.68. The number of phosphoric acid groups is 1. The lowest BCUT2D eigenvalue weighted by molar-refractivity contribution is -0.0424. The Hall–Kier alpha value is -3.35. The zero-order valence-electron chi connectivity index (χ0n) is 16.8. The normalized spacial score (nSPS) is 21.0. The molecule has 3 aromatic heterocycles. The van der Waals surface area contributed by atoms with Gasteiger partial charge in [-0.2, -0.15) is 0 Å². The Balaban J connectivity index is 1.45. The van der Waals surface area contributed by atoms with Gasteiger partial charge in [0.25, 0.3) is 0 Å². The van der Waals surface area contributed by atoms with Crippen molar-refractivity contribution in [1.82, 2.24) is 23.9 Å². The van der Waals surface area contributed by atoms with Crippen LogP contribution in [0.4, 0.5) is 5.69 Å². The van der Waals surface area contributed by atoms with Crippen LogP contribution >= 0.6 is 7.82 Å². The molecule has 0 spiro atoms. The van der Waals surface area contributed by atoms with E-state index in [0.29, 0.717) is 22.5 Å². The first-order valence-electron chi connectivity index (χ1n) is 9.72. The van der Waals surface area contributed by atoms with Gasteiger partial charge >= 0.3 is 7.82 Å². The van der Waals surface area contributed by atoms with E-state index >= 15 is 0 Å². The van der Waals surface area contributed by atoms with E-state index in [1.54, 1.807) is 33.6 Å². The highest BCUT2D eigenvalue weighted by molar-refractivity contribution is 7.46. The topological polar surface area (TPSA) is 193 Å². The first-order chi connectivity index (χ1) is 15.8. The largest absolute Gasteiger partial charge is 0.469 e. The summed E-state index contributed by atoms with van der Waals surface area (Å²) >= 11 is 0. The maximum absolute atomic E-state index is 10.9. The molecule has 15 heteroatoms. The number of nitrogens with zero attached hydrogens (tertiary/aromatic N) is 8. The van der Waals surface area contributed by atoms with E-state index < -0.39 is 32.9 Å². The summed E-state index contributed by atoms with van der Waals surface area (Å²) in [6.45, 7) is -0.450. The van der Waals surface area contributed by atoms with Gasteiger partial charge in [-0.3, -0.25) is 13.5 Å². The van der Waals surface area contributed by atoms with E-state index in [2.05, 4.69) is 29.5 Å². The third kappa shape index (κ3) is 4.08. The van der Waals surface area contributed by atoms with Crippen molar-refractivity contribution in [3.05, 3.63) is 53.6 Å². The van der Waals surface area contributed by atoms with Crippen molar-refractivity contribution in [2.75, 3.05) is 6.61 Å². The smallest absolute Gasteiger partial charge is 0.390 e. The Labute approximate surface area is 184 Å². The summed E-state index contributed by atoms with van der Waals surface area (Å²) in [5.41, 5.74) is 12.2. The van der Waals surface area contributed by atoms with Crippen molar-refractivity contribution in [2.24, 2.45) is 5.11 Å². The molecule has 1 aliphatic rings. The molecule has 0 bridgehead atoms. The molecule has 33 heavy (non-hydrogen) atoms. The third-order valence-corrected chi connectivity index (χ3v) is 5.80. The second kappa shape index (κ2) is 8.21. The lowest BCUT2D eigenvalue weighted by atomic mass is 10.1. The molecule has 4 aromatic rings. The number of hydrogen-bond donors (Lipinski definition) is 3. The maximum atomic E-state index is 10.9. The predicted molar refractivity (Wildman–Crippen MR) is 113 cm³/mol. The molecule has 3 atom stereocenters. The number of aliphatic hydroxyl groups excluding tert-OH is 1. The van der Waals surface area contributed by atoms with Gasteiger partial charge in [0.2, 0.25) is 0 Å². The zero-order valence-corrected chi connectivity index (χ0v) is 17.7. The van der Waals surface area contributed by atoms with Crippen LogP contribution in [0.1, 0.15) is 12.6 Å². The Morgan fingerprint density at radius 3 is 2.73 bits per heavy atom. The zero-order chi connectivity index (χ0) is 23.2. The van der Waals surface area contributed by atoms with Gasteiger partial charge in [-0.15, -0.1) is 0 Å². The van der Waals surface area contributed by atoms with E-state index in [1.165, 1.54) is 6.33 Å². The molecule has 0 aliphatic carbocycles. The van der Waals surface area contributed by atoms with Gasteiger partial charge in [-0.25, -0.2) is 19.5 Å². The molecule has 5 rings (SSSR count). The van der Waals surface area contributed by atoms with Crippen LogP contribution in [0.2, 0.25) is 0 Å². The van der Waals surface area contributed by atoms with Crippen molar-refractivity contribution in [3.8, 4) is 11.3 Å². The minimum atomic E-state index is -4.68. The molecular formula is C18H17N8O6P. The first kappa shape index (κ1) is 21.5. The van der Waals surface area contributed by atoms with Crippen molar-refractivity contribution >= 4 is 30.3 Å². The van der Waals surface area contributed by atoms with E-state index in [1.807, 2.05) is 12.1 Å². The van der Waals surface area contributed by atoms with Crippen LogP contribution in [0.3, 0.4) is 0 Å². The average molecular weight is 472 g/mol. The molecule has 1 aromatic carbocycles. The Morgan fingerprint density at radius 1 is 1.21 bits per heavy atom. The summed E-state index contributed by atoms with van der Waals surface area (Å²) < 4.78 is 24.6. The molecule has 0 saturated carbocycles. The Kier molecular flexibility index (Phi) is 5.35. The number of fused-ring (bicyclic) bond motifs is 3. The number of aromatic nitrogens is 5. The number of rotatable bonds is 6. The number of phosphoric ester groups is 1. The minimum Gasteiger partial charge on any atom is -0.390 e. The monoisotopic (exact) mass is 472 g/mol. The van der Waals surface area contributed by atoms with Crippen LogP contribution in [0, 0.1) is 0 Å². The minimum absolute atomic E-state index is 0.171. The number of imidazole rings is 2. The molecule has 0 radical (unpaired) electrons. The number of hydrogen-bond acceptors (Lipinski definition) is 8. The van der Waals surface area contributed by atoms with Crippen LogP contribution < -0.4 is 0 Å². The molecule has 14 nitrogen and oxygen atoms in total. The van der Waals surface area contributed by atoms with Gasteiger partial charge in [0.1, 0.15) is 18.7 Å². The third-order valence-electron chi connectivity index (χ3n) is 5.32. The van der Waals surface area contributed by atoms with Crippen LogP contribution in [-0.2, 0) is 13.8 Å². The Bertz CT molecular complexity index is 1420. The van der Waals surface area contributed by atoms with Crippen molar-refractivity contribution in [1.29, 1.82) is 0 Å². The highest BCUT2D eigenvalue weighted by Gasteiger charge is 2.37. The van der Waals surface area contributed by atoms with Crippen LogP contribution in [0.15, 0.2) is 48.2 Å². The maximum Gasteiger partial charge on any atom is 0.469 e. The van der Waals surface area contributed by atoms with Crippen molar-refractivity contribution in [3.63, 3.8) is 0 Å². The summed E-state index contributed by atoms with van der Waals surface area (Å²) in [5, 5.41) is 13.8. The standard InChI is InChI=1S/C18H17N8O6P/c19-24-23-11-3-1-10(2-4-11)12-6-20-17-16-18(22-9-25(12)17)26(8-21-16)15-5-13(27)14(32-15)7-31-33(28,29)30/h1-4,6,8-9,13-15,27H,5,7H2,(H2,28,29,30)/t13-,14+,15+/m0/s1. The molecule has 1 aliphatic heterocycles. The van der Waals surface area contributed by atoms with Gasteiger partial charge in [-0.1, -0.05) is 29.4 Å². The fraction of sp³-hybridized carbons (Fsp3) is 0.278. The lowest BCUT2D eigenvalue weighted by Gasteiger charge is -2.16. The molecule has 0 unspecified atom stereocenters. The second-order valence-corrected chi connectivity index (χ2v) is 8.60. The molecule has 0 amide bonds. The molecule has 1 saturated heterocycles. The van der Waals surface area contributed by atoms with Gasteiger partial charge < -0.3 is 19.6 Å². The predicted octanol–water partition coefficient (Wildman–Crippen LogP) is 2.45. The molecule has 1 fully saturated rings. The van der Waals surface area contributed by atoms with Crippen molar-refractivity contribution < 1.29 is 28.7 Å². The number of ether oxygens (including phenoxy) is 1. The highest BCUT2D eigenvalue weighted by Crippen LogP contribution is 2.38. The van der Waals surface area contributed by atoms with Gasteiger partial charge in [0.15, 0.2) is 16.8 Å². The quantitative estimate of drug-likeness (QED) is 0.163. The van der Waals surface area contributed by atoms with E-state index in [-0.39, 0.29) is 6.42 Å². The summed E-state index contributed by atoms with van der Waals surface area (Å²) in [4.78, 5) is 33.9. The number of benzene rings is 1. The second-order valence-electron chi connectivity index (χ2n) is 7.36. The van der Waals surface area contributed by atoms with E-state index in [9.17, 15) is 9.67 Å². The van der Waals surface area contributed by atoms with Crippen LogP contribution in [-0.4, -0.2) is 57.6 Å². The molecule has 4 heterocycles. The molecule has 3 N–H and O–H groups in total. The average Bonchev–Trinajstić information content (AvgIpc) is 3.48. The summed E-state index contributed by atoms with van der Waals surface area (Å²) in [6, 6.07) is 7.02. The summed E-state index contributed by atoms with van der Waals surface area (Å²) in [5.74, 6) is 0. The van der Waals surface area contributed by atoms with Gasteiger partial charge in [0.05, 0.1) is 30.9 Å². The fourth-order valence-corrected chi connectivity index (χ4v) is 4.13. The van der Waals surface area contributed by atoms with Crippen LogP contribution in [0.25, 0.3) is 38.5 Å². The molecular weight excluding hydrogens is 455 g/mol. The lowest BCUT2D eigenvalue weighted by Crippen LogP contribution is -2.25. The van der Waals surface area contributed by atoms with Gasteiger partial charge in [-0.05, 0) is 5.53 Å². The van der Waals surface area contributed by atoms with E-state index in [0.717, 1.165) is 11.3 Å². The van der Waals surface area contributed by atoms with Gasteiger partial charge in [0, 0.05) is 22.6 Å². The summed E-state index contributed by atoms with van der Waals surface area (Å²) in [6.07, 6.45) is 2.44. The fourth-order valence-electron chi connectivity index (χ4n) is 3.79. The SMILES string of the molecule is [N-]=[N+]=Nc1ccc(-c2cnc3c4ncn([C@H]5C[C@H](O)[C@@H](COP(=O)(O)O)O5)c4ncn23)cc1. The molecule has 170 valence electrons. The Morgan fingerprint density at radius 2 is 2.00 bits per heavy atom. The van der Waals surface area contributed by atoms with E-state index in [4.69, 9.17) is 20.1 Å². The number of azide groups is 1. The highest BCUT2D eigenvalue weighted by atomic mass is 31.2. The first-order valence-corrected chi connectivity index (χ1v) is 11.2.